The zero-order valence-corrected chi connectivity index (χ0v) is 19.1. The number of amides is 3. The summed E-state index contributed by atoms with van der Waals surface area (Å²) in [5.74, 6) is 0.706. The second kappa shape index (κ2) is 11.0. The second-order valence-electron chi connectivity index (χ2n) is 8.01. The van der Waals surface area contributed by atoms with Gasteiger partial charge in [-0.15, -0.1) is 0 Å². The number of carbonyl (C=O) groups is 2. The van der Waals surface area contributed by atoms with Gasteiger partial charge < -0.3 is 19.5 Å². The summed E-state index contributed by atoms with van der Waals surface area (Å²) in [4.78, 5) is 29.0. The summed E-state index contributed by atoms with van der Waals surface area (Å²) in [6.45, 7) is 0.803. The average molecular weight is 454 g/mol. The van der Waals surface area contributed by atoms with Gasteiger partial charge in [0.25, 0.3) is 0 Å². The van der Waals surface area contributed by atoms with Crippen LogP contribution in [0.5, 0.6) is 0 Å². The molecule has 3 aromatic carbocycles. The number of likely N-dealkylation sites (N-methyl/N-ethyl adjacent to an activating group) is 1. The number of hydrogen-bond donors (Lipinski definition) is 1. The second-order valence-corrected chi connectivity index (χ2v) is 8.01. The van der Waals surface area contributed by atoms with E-state index in [-0.39, 0.29) is 18.4 Å². The predicted octanol–water partition coefficient (Wildman–Crippen LogP) is 5.72. The maximum Gasteiger partial charge on any atom is 0.322 e. The maximum atomic E-state index is 13.1. The number of hydrogen-bond acceptors (Lipinski definition) is 3. The van der Waals surface area contributed by atoms with Crippen LogP contribution >= 0.6 is 0 Å². The third-order valence-electron chi connectivity index (χ3n) is 5.51. The van der Waals surface area contributed by atoms with E-state index in [1.807, 2.05) is 97.1 Å². The van der Waals surface area contributed by atoms with Crippen molar-refractivity contribution < 1.29 is 14.0 Å². The van der Waals surface area contributed by atoms with Crippen molar-refractivity contribution in [2.24, 2.45) is 0 Å². The van der Waals surface area contributed by atoms with Crippen LogP contribution in [-0.2, 0) is 24.3 Å². The lowest BCUT2D eigenvalue weighted by molar-refractivity contribution is -0.117. The number of nitrogens with one attached hydrogen (secondary N) is 1. The van der Waals surface area contributed by atoms with Crippen molar-refractivity contribution in [3.8, 4) is 0 Å². The number of benzene rings is 3. The molecule has 0 spiro atoms. The number of para-hydroxylation sites is 1. The minimum Gasteiger partial charge on any atom is -0.467 e. The first-order valence-electron chi connectivity index (χ1n) is 11.1. The van der Waals surface area contributed by atoms with E-state index in [2.05, 4.69) is 5.32 Å². The van der Waals surface area contributed by atoms with Gasteiger partial charge in [0, 0.05) is 25.0 Å². The highest BCUT2D eigenvalue weighted by atomic mass is 16.3. The molecule has 0 atom stereocenters. The van der Waals surface area contributed by atoms with Crippen molar-refractivity contribution in [2.75, 3.05) is 17.3 Å². The summed E-state index contributed by atoms with van der Waals surface area (Å²) in [6.07, 6.45) is 1.88. The maximum absolute atomic E-state index is 13.1. The first kappa shape index (κ1) is 22.9. The highest BCUT2D eigenvalue weighted by Gasteiger charge is 2.17. The summed E-state index contributed by atoms with van der Waals surface area (Å²) in [7, 11) is 1.77. The number of anilines is 2. The molecule has 34 heavy (non-hydrogen) atoms. The van der Waals surface area contributed by atoms with E-state index in [4.69, 9.17) is 4.42 Å². The van der Waals surface area contributed by atoms with Crippen LogP contribution < -0.4 is 10.2 Å². The Morgan fingerprint density at radius 3 is 2.09 bits per heavy atom. The van der Waals surface area contributed by atoms with Crippen molar-refractivity contribution in [2.45, 2.75) is 19.5 Å². The van der Waals surface area contributed by atoms with E-state index in [1.165, 1.54) is 0 Å². The molecule has 4 rings (SSSR count). The third kappa shape index (κ3) is 6.13. The number of carbonyl (C=O) groups excluding carboxylic acids is 2. The minimum atomic E-state index is -0.229. The Morgan fingerprint density at radius 1 is 0.765 bits per heavy atom. The molecule has 1 N–H and O–H groups in total. The Hall–Kier alpha value is -4.32. The van der Waals surface area contributed by atoms with E-state index in [1.54, 1.807) is 23.1 Å². The fourth-order valence-electron chi connectivity index (χ4n) is 3.59. The molecule has 3 amide bonds. The lowest BCUT2D eigenvalue weighted by atomic mass is 10.1. The number of furan rings is 1. The van der Waals surface area contributed by atoms with Crippen LogP contribution in [0.15, 0.2) is 108 Å². The van der Waals surface area contributed by atoms with Crippen LogP contribution in [0.3, 0.4) is 0 Å². The monoisotopic (exact) mass is 453 g/mol. The lowest BCUT2D eigenvalue weighted by Crippen LogP contribution is -2.34. The van der Waals surface area contributed by atoms with Crippen molar-refractivity contribution in [3.63, 3.8) is 0 Å². The molecule has 6 heteroatoms. The molecule has 4 aromatic rings. The van der Waals surface area contributed by atoms with E-state index in [9.17, 15) is 9.59 Å². The van der Waals surface area contributed by atoms with Gasteiger partial charge >= 0.3 is 6.03 Å². The minimum absolute atomic E-state index is 0.00419. The quantitative estimate of drug-likeness (QED) is 0.371. The third-order valence-corrected chi connectivity index (χ3v) is 5.51. The summed E-state index contributed by atoms with van der Waals surface area (Å²) in [6, 6.07) is 30.2. The SMILES string of the molecule is CN(C(=O)Cc1ccc(NC(=O)N(Cc2ccccc2)Cc2ccco2)cc1)c1ccccc1. The molecule has 0 aliphatic rings. The Bertz CT molecular complexity index is 1190. The summed E-state index contributed by atoms with van der Waals surface area (Å²) in [5, 5.41) is 2.95. The standard InChI is InChI=1S/C28H27N3O3/c1-30(25-11-6-3-7-12-25)27(32)19-22-14-16-24(17-15-22)29-28(33)31(21-26-13-8-18-34-26)20-23-9-4-2-5-10-23/h2-18H,19-21H2,1H3,(H,29,33). The Labute approximate surface area is 199 Å². The predicted molar refractivity (Wildman–Crippen MR) is 133 cm³/mol. The van der Waals surface area contributed by atoms with Gasteiger partial charge in [0.1, 0.15) is 5.76 Å². The van der Waals surface area contributed by atoms with Gasteiger partial charge in [0.15, 0.2) is 0 Å². The first-order valence-corrected chi connectivity index (χ1v) is 11.1. The average Bonchev–Trinajstić information content (AvgIpc) is 3.39. The Balaban J connectivity index is 1.39. The smallest absolute Gasteiger partial charge is 0.322 e. The van der Waals surface area contributed by atoms with E-state index < -0.39 is 0 Å². The van der Waals surface area contributed by atoms with Crippen LogP contribution in [0, 0.1) is 0 Å². The lowest BCUT2D eigenvalue weighted by Gasteiger charge is -2.22. The van der Waals surface area contributed by atoms with Crippen molar-refractivity contribution in [1.29, 1.82) is 0 Å². The molecule has 0 saturated heterocycles. The number of nitrogens with zero attached hydrogens (tertiary/aromatic N) is 2. The molecule has 0 aliphatic carbocycles. The highest BCUT2D eigenvalue weighted by molar-refractivity contribution is 5.94. The summed E-state index contributed by atoms with van der Waals surface area (Å²) < 4.78 is 5.45. The molecule has 0 fully saturated rings. The molecular weight excluding hydrogens is 426 g/mol. The normalized spacial score (nSPS) is 10.5. The van der Waals surface area contributed by atoms with Crippen molar-refractivity contribution >= 4 is 23.3 Å². The van der Waals surface area contributed by atoms with Crippen LogP contribution in [0.25, 0.3) is 0 Å². The van der Waals surface area contributed by atoms with Gasteiger partial charge in [0.2, 0.25) is 5.91 Å². The Morgan fingerprint density at radius 2 is 1.44 bits per heavy atom. The fourth-order valence-corrected chi connectivity index (χ4v) is 3.59. The van der Waals surface area contributed by atoms with Crippen LogP contribution in [0.1, 0.15) is 16.9 Å². The molecule has 0 bridgehead atoms. The van der Waals surface area contributed by atoms with Gasteiger partial charge in [-0.05, 0) is 47.5 Å². The zero-order chi connectivity index (χ0) is 23.8. The molecule has 0 saturated carbocycles. The molecule has 6 nitrogen and oxygen atoms in total. The molecule has 0 radical (unpaired) electrons. The van der Waals surface area contributed by atoms with Crippen molar-refractivity contribution in [1.82, 2.24) is 4.90 Å². The first-order chi connectivity index (χ1) is 16.6. The summed E-state index contributed by atoms with van der Waals surface area (Å²) >= 11 is 0. The van der Waals surface area contributed by atoms with E-state index >= 15 is 0 Å². The van der Waals surface area contributed by atoms with E-state index in [0.29, 0.717) is 24.5 Å². The summed E-state index contributed by atoms with van der Waals surface area (Å²) in [5.41, 5.74) is 3.42. The van der Waals surface area contributed by atoms with Gasteiger partial charge in [0.05, 0.1) is 19.2 Å². The largest absolute Gasteiger partial charge is 0.467 e. The Kier molecular flexibility index (Phi) is 7.40. The fraction of sp³-hybridized carbons (Fsp3) is 0.143. The topological polar surface area (TPSA) is 65.8 Å². The van der Waals surface area contributed by atoms with Crippen LogP contribution in [-0.4, -0.2) is 23.9 Å². The molecular formula is C28H27N3O3. The van der Waals surface area contributed by atoms with Gasteiger partial charge in [-0.3, -0.25) is 4.79 Å². The zero-order valence-electron chi connectivity index (χ0n) is 19.1. The van der Waals surface area contributed by atoms with Crippen molar-refractivity contribution in [3.05, 3.63) is 120 Å². The van der Waals surface area contributed by atoms with Gasteiger partial charge in [-0.1, -0.05) is 60.7 Å². The number of rotatable bonds is 8. The molecule has 1 heterocycles. The van der Waals surface area contributed by atoms with Gasteiger partial charge in [-0.2, -0.15) is 0 Å². The highest BCUT2D eigenvalue weighted by Crippen LogP contribution is 2.17. The van der Waals surface area contributed by atoms with Crippen LogP contribution in [0.4, 0.5) is 16.2 Å². The van der Waals surface area contributed by atoms with E-state index in [0.717, 1.165) is 16.8 Å². The van der Waals surface area contributed by atoms with Gasteiger partial charge in [-0.25, -0.2) is 4.79 Å². The molecule has 172 valence electrons. The molecule has 0 aliphatic heterocycles. The van der Waals surface area contributed by atoms with Crippen LogP contribution in [0.2, 0.25) is 0 Å². The number of urea groups is 1. The molecule has 1 aromatic heterocycles. The molecule has 0 unspecified atom stereocenters.